The quantitative estimate of drug-likeness (QED) is 0.720. The Kier molecular flexibility index (Phi) is 6.77. The van der Waals surface area contributed by atoms with Gasteiger partial charge in [-0.2, -0.15) is 0 Å². The molecule has 1 heterocycles. The van der Waals surface area contributed by atoms with Crippen molar-refractivity contribution in [2.75, 3.05) is 13.2 Å². The van der Waals surface area contributed by atoms with Gasteiger partial charge in [0.25, 0.3) is 5.91 Å². The van der Waals surface area contributed by atoms with Crippen LogP contribution in [-0.4, -0.2) is 46.8 Å². The van der Waals surface area contributed by atoms with Crippen molar-refractivity contribution in [3.8, 4) is 0 Å². The average molecular weight is 372 g/mol. The van der Waals surface area contributed by atoms with E-state index < -0.39 is 12.0 Å². The Morgan fingerprint density at radius 1 is 1.11 bits per heavy atom. The van der Waals surface area contributed by atoms with Crippen LogP contribution in [0.2, 0.25) is 0 Å². The molecule has 0 spiro atoms. The highest BCUT2D eigenvalue weighted by Crippen LogP contribution is 2.30. The molecule has 0 saturated heterocycles. The Bertz CT molecular complexity index is 725. The molecule has 6 nitrogen and oxygen atoms in total. The SMILES string of the molecule is CCOC(=O)CN1C(=O)[C@@H](C(C)C)N(C(=O)C(C)C)C=C1c1ccccc1. The Hall–Kier alpha value is -2.63. The number of nitrogens with zero attached hydrogens (tertiary/aromatic N) is 2. The smallest absolute Gasteiger partial charge is 0.326 e. The molecule has 1 aromatic carbocycles. The fourth-order valence-corrected chi connectivity index (χ4v) is 3.12. The van der Waals surface area contributed by atoms with Gasteiger partial charge in [0, 0.05) is 12.1 Å². The molecule has 0 fully saturated rings. The Labute approximate surface area is 160 Å². The third-order valence-corrected chi connectivity index (χ3v) is 4.41. The van der Waals surface area contributed by atoms with Crippen molar-refractivity contribution in [2.24, 2.45) is 11.8 Å². The van der Waals surface area contributed by atoms with E-state index in [0.29, 0.717) is 5.70 Å². The van der Waals surface area contributed by atoms with Gasteiger partial charge in [0.1, 0.15) is 12.6 Å². The van der Waals surface area contributed by atoms with Gasteiger partial charge in [-0.1, -0.05) is 58.0 Å². The molecule has 1 atom stereocenters. The highest BCUT2D eigenvalue weighted by Gasteiger charge is 2.41. The second-order valence-electron chi connectivity index (χ2n) is 7.20. The molecular formula is C21H28N2O4. The lowest BCUT2D eigenvalue weighted by Crippen LogP contribution is -2.56. The maximum absolute atomic E-state index is 13.3. The number of carbonyl (C=O) groups is 3. The van der Waals surface area contributed by atoms with E-state index in [1.54, 1.807) is 13.1 Å². The lowest BCUT2D eigenvalue weighted by atomic mass is 9.96. The highest BCUT2D eigenvalue weighted by molar-refractivity contribution is 5.99. The maximum atomic E-state index is 13.3. The molecule has 146 valence electrons. The largest absolute Gasteiger partial charge is 0.465 e. The summed E-state index contributed by atoms with van der Waals surface area (Å²) in [5.41, 5.74) is 1.29. The summed E-state index contributed by atoms with van der Waals surface area (Å²) in [6, 6.07) is 8.63. The summed E-state index contributed by atoms with van der Waals surface area (Å²) in [5, 5.41) is 0. The first-order valence-electron chi connectivity index (χ1n) is 9.34. The van der Waals surface area contributed by atoms with E-state index in [9.17, 15) is 14.4 Å². The lowest BCUT2D eigenvalue weighted by molar-refractivity contribution is -0.151. The molecule has 1 aromatic rings. The minimum Gasteiger partial charge on any atom is -0.465 e. The van der Waals surface area contributed by atoms with Crippen LogP contribution in [-0.2, 0) is 19.1 Å². The number of carbonyl (C=O) groups excluding carboxylic acids is 3. The van der Waals surface area contributed by atoms with Crippen molar-refractivity contribution in [1.82, 2.24) is 9.80 Å². The zero-order valence-corrected chi connectivity index (χ0v) is 16.6. The second kappa shape index (κ2) is 8.84. The van der Waals surface area contributed by atoms with Crippen molar-refractivity contribution in [3.63, 3.8) is 0 Å². The van der Waals surface area contributed by atoms with Crippen molar-refractivity contribution >= 4 is 23.5 Å². The van der Waals surface area contributed by atoms with Crippen LogP contribution in [0.1, 0.15) is 40.2 Å². The van der Waals surface area contributed by atoms with Gasteiger partial charge in [0.15, 0.2) is 0 Å². The fraction of sp³-hybridized carbons (Fsp3) is 0.476. The van der Waals surface area contributed by atoms with Crippen molar-refractivity contribution in [3.05, 3.63) is 42.1 Å². The van der Waals surface area contributed by atoms with Gasteiger partial charge < -0.3 is 9.64 Å². The first-order valence-corrected chi connectivity index (χ1v) is 9.34. The fourth-order valence-electron chi connectivity index (χ4n) is 3.12. The van der Waals surface area contributed by atoms with Gasteiger partial charge in [0.05, 0.1) is 12.3 Å². The Morgan fingerprint density at radius 2 is 1.74 bits per heavy atom. The molecule has 0 saturated carbocycles. The molecule has 2 rings (SSSR count). The molecule has 27 heavy (non-hydrogen) atoms. The molecule has 0 bridgehead atoms. The zero-order chi connectivity index (χ0) is 20.1. The van der Waals surface area contributed by atoms with E-state index in [0.717, 1.165) is 5.56 Å². The van der Waals surface area contributed by atoms with Gasteiger partial charge in [-0.25, -0.2) is 0 Å². The first-order chi connectivity index (χ1) is 12.8. The summed E-state index contributed by atoms with van der Waals surface area (Å²) in [6.07, 6.45) is 1.70. The highest BCUT2D eigenvalue weighted by atomic mass is 16.5. The predicted molar refractivity (Wildman–Crippen MR) is 103 cm³/mol. The lowest BCUT2D eigenvalue weighted by Gasteiger charge is -2.41. The van der Waals surface area contributed by atoms with Gasteiger partial charge >= 0.3 is 5.97 Å². The molecule has 6 heteroatoms. The number of benzene rings is 1. The van der Waals surface area contributed by atoms with Crippen LogP contribution < -0.4 is 0 Å². The number of amides is 2. The van der Waals surface area contributed by atoms with E-state index in [-0.39, 0.29) is 36.8 Å². The third kappa shape index (κ3) is 4.56. The maximum Gasteiger partial charge on any atom is 0.326 e. The van der Waals surface area contributed by atoms with Crippen LogP contribution in [0.4, 0.5) is 0 Å². The summed E-state index contributed by atoms with van der Waals surface area (Å²) in [4.78, 5) is 41.2. The molecule has 0 aliphatic carbocycles. The molecule has 1 aliphatic rings. The average Bonchev–Trinajstić information content (AvgIpc) is 2.62. The summed E-state index contributed by atoms with van der Waals surface area (Å²) in [6.45, 7) is 9.21. The van der Waals surface area contributed by atoms with E-state index >= 15 is 0 Å². The van der Waals surface area contributed by atoms with E-state index in [4.69, 9.17) is 4.74 Å². The molecule has 1 aliphatic heterocycles. The third-order valence-electron chi connectivity index (χ3n) is 4.41. The van der Waals surface area contributed by atoms with Crippen LogP contribution in [0, 0.1) is 11.8 Å². The van der Waals surface area contributed by atoms with E-state index in [2.05, 4.69) is 0 Å². The monoisotopic (exact) mass is 372 g/mol. The molecule has 0 unspecified atom stereocenters. The van der Waals surface area contributed by atoms with E-state index in [1.807, 2.05) is 58.0 Å². The minimum atomic E-state index is -0.651. The van der Waals surface area contributed by atoms with Crippen molar-refractivity contribution in [1.29, 1.82) is 0 Å². The summed E-state index contributed by atoms with van der Waals surface area (Å²) >= 11 is 0. The summed E-state index contributed by atoms with van der Waals surface area (Å²) in [5.74, 6) is -1.21. The van der Waals surface area contributed by atoms with Crippen LogP contribution in [0.3, 0.4) is 0 Å². The number of esters is 1. The number of rotatable bonds is 6. The Balaban J connectivity index is 2.56. The molecule has 0 aromatic heterocycles. The number of hydrogen-bond donors (Lipinski definition) is 0. The Morgan fingerprint density at radius 3 is 2.26 bits per heavy atom. The molecular weight excluding hydrogens is 344 g/mol. The zero-order valence-electron chi connectivity index (χ0n) is 16.6. The minimum absolute atomic E-state index is 0.0986. The first kappa shape index (κ1) is 20.7. The van der Waals surface area contributed by atoms with Gasteiger partial charge in [0.2, 0.25) is 5.91 Å². The van der Waals surface area contributed by atoms with Crippen LogP contribution in [0.5, 0.6) is 0 Å². The van der Waals surface area contributed by atoms with Crippen LogP contribution in [0.25, 0.3) is 5.70 Å². The second-order valence-corrected chi connectivity index (χ2v) is 7.20. The standard InChI is InChI=1S/C21H28N2O4/c1-6-27-18(24)13-22-17(16-10-8-7-9-11-16)12-23(20(25)15(4)5)19(14(2)3)21(22)26/h7-12,14-15,19H,6,13H2,1-5H3/t19-/m1/s1. The van der Waals surface area contributed by atoms with Crippen LogP contribution in [0.15, 0.2) is 36.5 Å². The van der Waals surface area contributed by atoms with Crippen LogP contribution >= 0.6 is 0 Å². The summed E-state index contributed by atoms with van der Waals surface area (Å²) < 4.78 is 5.04. The van der Waals surface area contributed by atoms with Crippen molar-refractivity contribution < 1.29 is 19.1 Å². The topological polar surface area (TPSA) is 66.9 Å². The predicted octanol–water partition coefficient (Wildman–Crippen LogP) is 2.90. The van der Waals surface area contributed by atoms with Gasteiger partial charge in [-0.15, -0.1) is 0 Å². The molecule has 2 amide bonds. The molecule has 0 radical (unpaired) electrons. The van der Waals surface area contributed by atoms with Crippen molar-refractivity contribution in [2.45, 2.75) is 40.7 Å². The van der Waals surface area contributed by atoms with Gasteiger partial charge in [-0.3, -0.25) is 19.3 Å². The van der Waals surface area contributed by atoms with Gasteiger partial charge in [-0.05, 0) is 18.4 Å². The molecule has 0 N–H and O–H groups in total. The number of ether oxygens (including phenoxy) is 1. The number of hydrogen-bond acceptors (Lipinski definition) is 4. The van der Waals surface area contributed by atoms with E-state index in [1.165, 1.54) is 9.80 Å². The normalized spacial score (nSPS) is 17.4. The summed E-state index contributed by atoms with van der Waals surface area (Å²) in [7, 11) is 0.